The van der Waals surface area contributed by atoms with Gasteiger partial charge in [0.2, 0.25) is 5.70 Å². The van der Waals surface area contributed by atoms with Crippen LogP contribution in [0.15, 0.2) is 11.8 Å². The highest BCUT2D eigenvalue weighted by Crippen LogP contribution is 2.06. The number of allylic oxidation sites excluding steroid dienone is 2. The van der Waals surface area contributed by atoms with E-state index in [1.54, 1.807) is 6.08 Å². The van der Waals surface area contributed by atoms with Gasteiger partial charge < -0.3 is 0 Å². The summed E-state index contributed by atoms with van der Waals surface area (Å²) in [7, 11) is 0. The maximum absolute atomic E-state index is 10.1. The molecule has 0 aliphatic carbocycles. The van der Waals surface area contributed by atoms with E-state index < -0.39 is 0 Å². The van der Waals surface area contributed by atoms with Crippen LogP contribution in [0.1, 0.15) is 27.2 Å². The van der Waals surface area contributed by atoms with Crippen LogP contribution < -0.4 is 0 Å². The third-order valence-corrected chi connectivity index (χ3v) is 1.46. The van der Waals surface area contributed by atoms with Crippen molar-refractivity contribution in [1.29, 1.82) is 0 Å². The Kier molecular flexibility index (Phi) is 3.69. The first-order chi connectivity index (χ1) is 4.57. The van der Waals surface area contributed by atoms with Crippen molar-refractivity contribution >= 4 is 0 Å². The van der Waals surface area contributed by atoms with Crippen LogP contribution >= 0.6 is 0 Å². The first-order valence-electron chi connectivity index (χ1n) is 3.40. The smallest absolute Gasteiger partial charge is 0.239 e. The maximum Gasteiger partial charge on any atom is 0.239 e. The Hall–Kier alpha value is -0.860. The number of rotatable bonds is 3. The molecule has 0 aromatic carbocycles. The molecule has 0 aromatic heterocycles. The molecule has 0 aliphatic rings. The molecule has 0 radical (unpaired) electrons. The molecule has 0 saturated carbocycles. The molecule has 0 amide bonds. The molecular formula is C7H13NO2. The molecule has 0 spiro atoms. The van der Waals surface area contributed by atoms with Gasteiger partial charge in [0.15, 0.2) is 0 Å². The van der Waals surface area contributed by atoms with E-state index in [9.17, 15) is 10.1 Å². The Labute approximate surface area is 60.9 Å². The molecule has 10 heavy (non-hydrogen) atoms. The fraction of sp³-hybridized carbons (Fsp3) is 0.714. The Morgan fingerprint density at radius 3 is 2.60 bits per heavy atom. The summed E-state index contributed by atoms with van der Waals surface area (Å²) in [5.41, 5.74) is 0.245. The van der Waals surface area contributed by atoms with E-state index in [4.69, 9.17) is 0 Å². The highest BCUT2D eigenvalue weighted by molar-refractivity contribution is 4.90. The lowest BCUT2D eigenvalue weighted by Gasteiger charge is -1.98. The van der Waals surface area contributed by atoms with E-state index in [0.717, 1.165) is 6.42 Å². The summed E-state index contributed by atoms with van der Waals surface area (Å²) in [6.07, 6.45) is 2.63. The van der Waals surface area contributed by atoms with Gasteiger partial charge in [0, 0.05) is 6.92 Å². The molecule has 3 nitrogen and oxygen atoms in total. The standard InChI is InChI=1S/C7H13NO2/c1-4-6(2)5-7(3)8(9)10/h5-6H,4H2,1-3H3/b7-5-. The molecule has 0 heterocycles. The van der Waals surface area contributed by atoms with E-state index in [2.05, 4.69) is 0 Å². The molecule has 3 heteroatoms. The molecule has 0 aromatic rings. The minimum atomic E-state index is -0.355. The lowest BCUT2D eigenvalue weighted by atomic mass is 10.1. The molecule has 0 N–H and O–H groups in total. The molecular weight excluding hydrogens is 130 g/mol. The molecule has 0 fully saturated rings. The third-order valence-electron chi connectivity index (χ3n) is 1.46. The van der Waals surface area contributed by atoms with Crippen molar-refractivity contribution in [3.05, 3.63) is 21.9 Å². The van der Waals surface area contributed by atoms with Gasteiger partial charge in [0.05, 0.1) is 4.92 Å². The van der Waals surface area contributed by atoms with Crippen molar-refractivity contribution in [3.63, 3.8) is 0 Å². The van der Waals surface area contributed by atoms with E-state index in [0.29, 0.717) is 5.92 Å². The van der Waals surface area contributed by atoms with Crippen molar-refractivity contribution in [2.45, 2.75) is 27.2 Å². The summed E-state index contributed by atoms with van der Waals surface area (Å²) in [6, 6.07) is 0. The van der Waals surface area contributed by atoms with Crippen LogP contribution in [0, 0.1) is 16.0 Å². The van der Waals surface area contributed by atoms with Gasteiger partial charge >= 0.3 is 0 Å². The second-order valence-electron chi connectivity index (χ2n) is 2.45. The molecule has 58 valence electrons. The third kappa shape index (κ3) is 3.22. The molecule has 0 bridgehead atoms. The average Bonchev–Trinajstić information content (AvgIpc) is 1.87. The van der Waals surface area contributed by atoms with Crippen molar-refractivity contribution in [2.24, 2.45) is 5.92 Å². The van der Waals surface area contributed by atoms with Gasteiger partial charge in [0.1, 0.15) is 0 Å². The van der Waals surface area contributed by atoms with Gasteiger partial charge in [-0.25, -0.2) is 0 Å². The fourth-order valence-corrected chi connectivity index (χ4v) is 0.590. The molecule has 1 unspecified atom stereocenters. The van der Waals surface area contributed by atoms with E-state index in [1.165, 1.54) is 6.92 Å². The SMILES string of the molecule is CCC(C)/C=C(/C)[N+](=O)[O-]. The van der Waals surface area contributed by atoms with E-state index >= 15 is 0 Å². The van der Waals surface area contributed by atoms with Crippen molar-refractivity contribution < 1.29 is 4.92 Å². The lowest BCUT2D eigenvalue weighted by molar-refractivity contribution is -0.424. The van der Waals surface area contributed by atoms with Gasteiger partial charge in [-0.05, 0) is 18.4 Å². The number of hydrogen-bond donors (Lipinski definition) is 0. The van der Waals surface area contributed by atoms with Gasteiger partial charge in [0.25, 0.3) is 0 Å². The molecule has 0 saturated heterocycles. The van der Waals surface area contributed by atoms with E-state index in [1.807, 2.05) is 13.8 Å². The molecule has 1 atom stereocenters. The first kappa shape index (κ1) is 9.14. The zero-order chi connectivity index (χ0) is 8.15. The molecule has 0 rings (SSSR count). The largest absolute Gasteiger partial charge is 0.259 e. The first-order valence-corrected chi connectivity index (χ1v) is 3.40. The summed E-state index contributed by atoms with van der Waals surface area (Å²) in [4.78, 5) is 9.73. The van der Waals surface area contributed by atoms with Gasteiger partial charge in [-0.15, -0.1) is 0 Å². The van der Waals surface area contributed by atoms with E-state index in [-0.39, 0.29) is 10.6 Å². The van der Waals surface area contributed by atoms with Crippen LogP contribution in [-0.4, -0.2) is 4.92 Å². The number of nitrogens with zero attached hydrogens (tertiary/aromatic N) is 1. The van der Waals surface area contributed by atoms with Crippen LogP contribution in [0.3, 0.4) is 0 Å². The Balaban J connectivity index is 4.02. The van der Waals surface area contributed by atoms with Crippen LogP contribution in [-0.2, 0) is 0 Å². The fourth-order valence-electron chi connectivity index (χ4n) is 0.590. The summed E-state index contributed by atoms with van der Waals surface area (Å²) in [6.45, 7) is 5.49. The quantitative estimate of drug-likeness (QED) is 0.449. The topological polar surface area (TPSA) is 43.1 Å². The number of nitro groups is 1. The Morgan fingerprint density at radius 2 is 2.30 bits per heavy atom. The normalized spacial score (nSPS) is 14.9. The minimum Gasteiger partial charge on any atom is -0.259 e. The predicted molar refractivity (Wildman–Crippen MR) is 40.2 cm³/mol. The van der Waals surface area contributed by atoms with Gasteiger partial charge in [-0.2, -0.15) is 0 Å². The van der Waals surface area contributed by atoms with Crippen LogP contribution in [0.25, 0.3) is 0 Å². The highest BCUT2D eigenvalue weighted by atomic mass is 16.6. The van der Waals surface area contributed by atoms with Gasteiger partial charge in [-0.1, -0.05) is 13.8 Å². The van der Waals surface area contributed by atoms with Gasteiger partial charge in [-0.3, -0.25) is 10.1 Å². The van der Waals surface area contributed by atoms with Crippen LogP contribution in [0.4, 0.5) is 0 Å². The number of hydrogen-bond acceptors (Lipinski definition) is 2. The van der Waals surface area contributed by atoms with Crippen molar-refractivity contribution in [1.82, 2.24) is 0 Å². The predicted octanol–water partition coefficient (Wildman–Crippen LogP) is 2.21. The van der Waals surface area contributed by atoms with Crippen molar-refractivity contribution in [2.75, 3.05) is 0 Å². The summed E-state index contributed by atoms with van der Waals surface area (Å²) < 4.78 is 0. The molecule has 0 aliphatic heterocycles. The maximum atomic E-state index is 10.1. The second kappa shape index (κ2) is 4.04. The average molecular weight is 143 g/mol. The minimum absolute atomic E-state index is 0.245. The van der Waals surface area contributed by atoms with Crippen LogP contribution in [0.2, 0.25) is 0 Å². The second-order valence-corrected chi connectivity index (χ2v) is 2.45. The zero-order valence-electron chi connectivity index (χ0n) is 6.63. The Bertz CT molecular complexity index is 152. The lowest BCUT2D eigenvalue weighted by Crippen LogP contribution is -1.97. The Morgan fingerprint density at radius 1 is 1.80 bits per heavy atom. The highest BCUT2D eigenvalue weighted by Gasteiger charge is 2.03. The van der Waals surface area contributed by atoms with Crippen molar-refractivity contribution in [3.8, 4) is 0 Å². The monoisotopic (exact) mass is 143 g/mol. The van der Waals surface area contributed by atoms with Crippen LogP contribution in [0.5, 0.6) is 0 Å². The summed E-state index contributed by atoms with van der Waals surface area (Å²) >= 11 is 0. The summed E-state index contributed by atoms with van der Waals surface area (Å²) in [5.74, 6) is 0.311. The zero-order valence-corrected chi connectivity index (χ0v) is 6.63. The summed E-state index contributed by atoms with van der Waals surface area (Å²) in [5, 5.41) is 10.1.